The van der Waals surface area contributed by atoms with Crippen LogP contribution in [0.15, 0.2) is 42.7 Å². The van der Waals surface area contributed by atoms with Gasteiger partial charge in [-0.1, -0.05) is 0 Å². The fourth-order valence-corrected chi connectivity index (χ4v) is 1.98. The molecule has 100 valence electrons. The molecule has 1 N–H and O–H groups in total. The van der Waals surface area contributed by atoms with Crippen molar-refractivity contribution in [1.29, 1.82) is 0 Å². The normalized spacial score (nSPS) is 10.9. The van der Waals surface area contributed by atoms with Crippen molar-refractivity contribution >= 4 is 17.0 Å². The van der Waals surface area contributed by atoms with Crippen molar-refractivity contribution in [2.24, 2.45) is 0 Å². The fraction of sp³-hybridized carbons (Fsp3) is 0. The minimum absolute atomic E-state index is 0.0989. The molecule has 0 aliphatic heterocycles. The third kappa shape index (κ3) is 1.91. The molecule has 3 aromatic rings. The average molecular weight is 274 g/mol. The van der Waals surface area contributed by atoms with Gasteiger partial charge in [-0.25, -0.2) is 18.6 Å². The minimum Gasteiger partial charge on any atom is -0.478 e. The zero-order valence-corrected chi connectivity index (χ0v) is 10.0. The van der Waals surface area contributed by atoms with Crippen molar-refractivity contribution in [1.82, 2.24) is 9.55 Å². The molecule has 0 bridgehead atoms. The number of halogens is 2. The molecular formula is C14H8F2N2O2. The lowest BCUT2D eigenvalue weighted by Crippen LogP contribution is -1.98. The molecule has 0 spiro atoms. The molecule has 20 heavy (non-hydrogen) atoms. The highest BCUT2D eigenvalue weighted by Crippen LogP contribution is 2.21. The summed E-state index contributed by atoms with van der Waals surface area (Å²) < 4.78 is 27.7. The Hall–Kier alpha value is -2.76. The maximum atomic E-state index is 13.3. The summed E-state index contributed by atoms with van der Waals surface area (Å²) in [6, 6.07) is 7.88. The van der Waals surface area contributed by atoms with Gasteiger partial charge in [-0.3, -0.25) is 4.57 Å². The fourth-order valence-electron chi connectivity index (χ4n) is 1.98. The molecule has 1 aromatic heterocycles. The van der Waals surface area contributed by atoms with Crippen LogP contribution in [0.5, 0.6) is 0 Å². The Morgan fingerprint density at radius 3 is 2.60 bits per heavy atom. The Kier molecular flexibility index (Phi) is 2.71. The molecule has 0 atom stereocenters. The van der Waals surface area contributed by atoms with E-state index >= 15 is 0 Å². The highest BCUT2D eigenvalue weighted by Gasteiger charge is 2.10. The van der Waals surface area contributed by atoms with E-state index < -0.39 is 17.6 Å². The first-order chi connectivity index (χ1) is 9.56. The number of aromatic carboxylic acids is 1. The number of nitrogens with zero attached hydrogens (tertiary/aromatic N) is 2. The summed E-state index contributed by atoms with van der Waals surface area (Å²) in [5.41, 5.74) is 1.55. The number of aromatic nitrogens is 2. The predicted molar refractivity (Wildman–Crippen MR) is 67.9 cm³/mol. The number of carbonyl (C=O) groups is 1. The zero-order valence-electron chi connectivity index (χ0n) is 10.0. The molecule has 0 radical (unpaired) electrons. The summed E-state index contributed by atoms with van der Waals surface area (Å²) in [7, 11) is 0. The zero-order chi connectivity index (χ0) is 14.3. The number of hydrogen-bond donors (Lipinski definition) is 1. The van der Waals surface area contributed by atoms with Crippen LogP contribution in [0.3, 0.4) is 0 Å². The summed E-state index contributed by atoms with van der Waals surface area (Å²) in [6.07, 6.45) is 1.43. The predicted octanol–water partition coefficient (Wildman–Crippen LogP) is 3.00. The minimum atomic E-state index is -1.06. The van der Waals surface area contributed by atoms with Gasteiger partial charge in [0, 0.05) is 6.07 Å². The van der Waals surface area contributed by atoms with E-state index in [-0.39, 0.29) is 5.56 Å². The first-order valence-electron chi connectivity index (χ1n) is 5.72. The van der Waals surface area contributed by atoms with Crippen molar-refractivity contribution in [2.75, 3.05) is 0 Å². The number of benzene rings is 2. The molecule has 0 aliphatic rings. The van der Waals surface area contributed by atoms with Gasteiger partial charge in [0.05, 0.1) is 22.3 Å². The lowest BCUT2D eigenvalue weighted by Gasteiger charge is -2.05. The molecule has 2 aromatic carbocycles. The van der Waals surface area contributed by atoms with Crippen molar-refractivity contribution in [2.45, 2.75) is 0 Å². The Labute approximate surface area is 111 Å². The number of fused-ring (bicyclic) bond motifs is 1. The van der Waals surface area contributed by atoms with Crippen LogP contribution in [0.2, 0.25) is 0 Å². The molecule has 1 heterocycles. The summed E-state index contributed by atoms with van der Waals surface area (Å²) >= 11 is 0. The molecule has 0 saturated carbocycles. The highest BCUT2D eigenvalue weighted by atomic mass is 19.2. The molecule has 0 unspecified atom stereocenters. The molecule has 0 aliphatic carbocycles. The van der Waals surface area contributed by atoms with Crippen LogP contribution >= 0.6 is 0 Å². The second-order valence-corrected chi connectivity index (χ2v) is 4.22. The third-order valence-electron chi connectivity index (χ3n) is 2.98. The van der Waals surface area contributed by atoms with Crippen LogP contribution in [0.1, 0.15) is 10.4 Å². The second-order valence-electron chi connectivity index (χ2n) is 4.22. The summed E-state index contributed by atoms with van der Waals surface area (Å²) in [6.45, 7) is 0. The standard InChI is InChI=1S/C14H8F2N2O2/c15-10-3-2-9(6-11(10)16)18-7-17-12-4-1-8(14(19)20)5-13(12)18/h1-7H,(H,19,20). The van der Waals surface area contributed by atoms with E-state index in [0.717, 1.165) is 12.1 Å². The van der Waals surface area contributed by atoms with Crippen molar-refractivity contribution < 1.29 is 18.7 Å². The maximum Gasteiger partial charge on any atom is 0.335 e. The van der Waals surface area contributed by atoms with Crippen LogP contribution in [0.25, 0.3) is 16.7 Å². The Morgan fingerprint density at radius 1 is 1.10 bits per heavy atom. The summed E-state index contributed by atoms with van der Waals surface area (Å²) in [5.74, 6) is -2.98. The lowest BCUT2D eigenvalue weighted by atomic mass is 10.2. The van der Waals surface area contributed by atoms with E-state index in [1.807, 2.05) is 0 Å². The van der Waals surface area contributed by atoms with Crippen LogP contribution in [0, 0.1) is 11.6 Å². The largest absolute Gasteiger partial charge is 0.478 e. The number of imidazole rings is 1. The molecule has 0 amide bonds. The van der Waals surface area contributed by atoms with Crippen molar-refractivity contribution in [3.63, 3.8) is 0 Å². The van der Waals surface area contributed by atoms with Gasteiger partial charge in [0.15, 0.2) is 11.6 Å². The average Bonchev–Trinajstić information content (AvgIpc) is 2.84. The summed E-state index contributed by atoms with van der Waals surface area (Å²) in [4.78, 5) is 15.1. The van der Waals surface area contributed by atoms with Crippen LogP contribution < -0.4 is 0 Å². The number of carboxylic acids is 1. The van der Waals surface area contributed by atoms with Gasteiger partial charge < -0.3 is 5.11 Å². The van der Waals surface area contributed by atoms with E-state index in [9.17, 15) is 13.6 Å². The molecule has 0 saturated heterocycles. The molecule has 4 nitrogen and oxygen atoms in total. The molecular weight excluding hydrogens is 266 g/mol. The number of rotatable bonds is 2. The topological polar surface area (TPSA) is 55.1 Å². The van der Waals surface area contributed by atoms with E-state index in [2.05, 4.69) is 4.98 Å². The smallest absolute Gasteiger partial charge is 0.335 e. The van der Waals surface area contributed by atoms with Gasteiger partial charge in [0.2, 0.25) is 0 Å². The Morgan fingerprint density at radius 2 is 1.90 bits per heavy atom. The molecule has 3 rings (SSSR count). The van der Waals surface area contributed by atoms with Gasteiger partial charge in [-0.05, 0) is 30.3 Å². The quantitative estimate of drug-likeness (QED) is 0.781. The Balaban J connectivity index is 2.22. The van der Waals surface area contributed by atoms with Crippen molar-refractivity contribution in [3.8, 4) is 5.69 Å². The van der Waals surface area contributed by atoms with Crippen LogP contribution in [-0.4, -0.2) is 20.6 Å². The van der Waals surface area contributed by atoms with E-state index in [1.165, 1.54) is 29.1 Å². The van der Waals surface area contributed by atoms with Gasteiger partial charge in [0.1, 0.15) is 6.33 Å². The maximum absolute atomic E-state index is 13.3. The first kappa shape index (κ1) is 12.3. The highest BCUT2D eigenvalue weighted by molar-refractivity contribution is 5.92. The summed E-state index contributed by atoms with van der Waals surface area (Å²) in [5, 5.41) is 8.98. The van der Waals surface area contributed by atoms with Gasteiger partial charge in [-0.15, -0.1) is 0 Å². The van der Waals surface area contributed by atoms with Gasteiger partial charge in [-0.2, -0.15) is 0 Å². The van der Waals surface area contributed by atoms with Crippen LogP contribution in [0.4, 0.5) is 8.78 Å². The van der Waals surface area contributed by atoms with Gasteiger partial charge in [0.25, 0.3) is 0 Å². The third-order valence-corrected chi connectivity index (χ3v) is 2.98. The van der Waals surface area contributed by atoms with E-state index in [1.54, 1.807) is 6.07 Å². The monoisotopic (exact) mass is 274 g/mol. The van der Waals surface area contributed by atoms with Crippen LogP contribution in [-0.2, 0) is 0 Å². The molecule has 0 fully saturated rings. The molecule has 6 heteroatoms. The number of hydrogen-bond acceptors (Lipinski definition) is 2. The second kappa shape index (κ2) is 4.41. The van der Waals surface area contributed by atoms with E-state index in [0.29, 0.717) is 16.7 Å². The number of carboxylic acid groups (broad SMARTS) is 1. The van der Waals surface area contributed by atoms with Crippen molar-refractivity contribution in [3.05, 3.63) is 59.9 Å². The lowest BCUT2D eigenvalue weighted by molar-refractivity contribution is 0.0697. The van der Waals surface area contributed by atoms with Gasteiger partial charge >= 0.3 is 5.97 Å². The SMILES string of the molecule is O=C(O)c1ccc2ncn(-c3ccc(F)c(F)c3)c2c1. The Bertz CT molecular complexity index is 827. The van der Waals surface area contributed by atoms with E-state index in [4.69, 9.17) is 5.11 Å². The first-order valence-corrected chi connectivity index (χ1v) is 5.72.